The molecule has 2 unspecified atom stereocenters. The molecule has 0 aromatic rings. The molecule has 0 spiro atoms. The molecule has 2 rings (SSSR count). The van der Waals surface area contributed by atoms with Gasteiger partial charge in [-0.1, -0.05) is 0 Å². The highest BCUT2D eigenvalue weighted by Gasteiger charge is 2.43. The Hall–Kier alpha value is -1.30. The van der Waals surface area contributed by atoms with Gasteiger partial charge in [-0.15, -0.1) is 0 Å². The lowest BCUT2D eigenvalue weighted by molar-refractivity contribution is -0.131. The fraction of sp³-hybridized carbons (Fsp3) is 0.846. The summed E-state index contributed by atoms with van der Waals surface area (Å²) in [5.74, 6) is -0.0361. The molecule has 3 atom stereocenters. The van der Waals surface area contributed by atoms with Crippen LogP contribution < -0.4 is 11.1 Å². The van der Waals surface area contributed by atoms with Crippen molar-refractivity contribution in [1.29, 1.82) is 0 Å². The highest BCUT2D eigenvalue weighted by Crippen LogP contribution is 2.27. The van der Waals surface area contributed by atoms with Crippen molar-refractivity contribution in [3.63, 3.8) is 0 Å². The molecule has 2 amide bonds. The van der Waals surface area contributed by atoms with Crippen molar-refractivity contribution >= 4 is 12.0 Å². The maximum atomic E-state index is 12.2. The lowest BCUT2D eigenvalue weighted by atomic mass is 9.99. The number of alkyl carbamates (subject to hydrolysis) is 1. The molecule has 0 aromatic heterocycles. The summed E-state index contributed by atoms with van der Waals surface area (Å²) in [6, 6.07) is -0.196. The van der Waals surface area contributed by atoms with Crippen molar-refractivity contribution in [2.24, 2.45) is 5.73 Å². The predicted molar refractivity (Wildman–Crippen MR) is 70.5 cm³/mol. The van der Waals surface area contributed by atoms with E-state index in [9.17, 15) is 9.59 Å². The molecular formula is C13H23N3O3. The Labute approximate surface area is 113 Å². The SMILES string of the molecule is CC(C)(C)OC(=O)N[C@H]1CC2CCC(N)CN2C1=O. The van der Waals surface area contributed by atoms with Crippen molar-refractivity contribution in [3.8, 4) is 0 Å². The Morgan fingerprint density at radius 2 is 2.11 bits per heavy atom. The number of carbonyl (C=O) groups excluding carboxylic acids is 2. The Morgan fingerprint density at radius 3 is 2.74 bits per heavy atom. The zero-order valence-electron chi connectivity index (χ0n) is 11.8. The predicted octanol–water partition coefficient (Wildman–Crippen LogP) is 0.602. The molecule has 0 bridgehead atoms. The summed E-state index contributed by atoms with van der Waals surface area (Å²) < 4.78 is 5.18. The van der Waals surface area contributed by atoms with Crippen LogP contribution in [0.25, 0.3) is 0 Å². The van der Waals surface area contributed by atoms with Crippen LogP contribution in [0.5, 0.6) is 0 Å². The van der Waals surface area contributed by atoms with Gasteiger partial charge in [0, 0.05) is 18.6 Å². The molecule has 6 heteroatoms. The van der Waals surface area contributed by atoms with E-state index in [2.05, 4.69) is 5.32 Å². The van der Waals surface area contributed by atoms with E-state index in [-0.39, 0.29) is 18.0 Å². The fourth-order valence-corrected chi connectivity index (χ4v) is 2.71. The third-order valence-corrected chi connectivity index (χ3v) is 3.52. The van der Waals surface area contributed by atoms with Crippen molar-refractivity contribution in [2.75, 3.05) is 6.54 Å². The molecule has 0 radical (unpaired) electrons. The van der Waals surface area contributed by atoms with Gasteiger partial charge in [0.25, 0.3) is 0 Å². The first-order chi connectivity index (χ1) is 8.76. The van der Waals surface area contributed by atoms with Crippen LogP contribution in [-0.4, -0.2) is 47.2 Å². The molecule has 2 saturated heterocycles. The normalized spacial score (nSPS) is 31.1. The van der Waals surface area contributed by atoms with Gasteiger partial charge in [-0.2, -0.15) is 0 Å². The Balaban J connectivity index is 1.92. The van der Waals surface area contributed by atoms with E-state index in [1.807, 2.05) is 0 Å². The van der Waals surface area contributed by atoms with Gasteiger partial charge in [0.15, 0.2) is 0 Å². The number of amides is 2. The summed E-state index contributed by atoms with van der Waals surface area (Å²) in [7, 11) is 0. The molecule has 0 aromatic carbocycles. The summed E-state index contributed by atoms with van der Waals surface area (Å²) in [4.78, 5) is 25.7. The highest BCUT2D eigenvalue weighted by atomic mass is 16.6. The van der Waals surface area contributed by atoms with Crippen LogP contribution in [0.3, 0.4) is 0 Å². The number of nitrogens with one attached hydrogen (secondary N) is 1. The molecule has 0 saturated carbocycles. The summed E-state index contributed by atoms with van der Waals surface area (Å²) in [6.07, 6.45) is 1.98. The van der Waals surface area contributed by atoms with Gasteiger partial charge < -0.3 is 20.7 Å². The molecule has 3 N–H and O–H groups in total. The van der Waals surface area contributed by atoms with E-state index in [1.54, 1.807) is 25.7 Å². The van der Waals surface area contributed by atoms with Gasteiger partial charge in [-0.25, -0.2) is 4.79 Å². The standard InChI is InChI=1S/C13H23N3O3/c1-13(2,3)19-12(18)15-10-6-9-5-4-8(14)7-16(9)11(10)17/h8-10H,4-7,14H2,1-3H3,(H,15,18)/t8?,9?,10-/m0/s1. The highest BCUT2D eigenvalue weighted by molar-refractivity contribution is 5.88. The molecule has 2 heterocycles. The average Bonchev–Trinajstić information content (AvgIpc) is 2.54. The third kappa shape index (κ3) is 3.37. The number of ether oxygens (including phenoxy) is 1. The first-order valence-electron chi connectivity index (χ1n) is 6.82. The maximum Gasteiger partial charge on any atom is 0.408 e. The van der Waals surface area contributed by atoms with Crippen molar-refractivity contribution in [1.82, 2.24) is 10.2 Å². The number of hydrogen-bond donors (Lipinski definition) is 2. The van der Waals surface area contributed by atoms with E-state index in [1.165, 1.54) is 0 Å². The van der Waals surface area contributed by atoms with Crippen molar-refractivity contribution < 1.29 is 14.3 Å². The number of carbonyl (C=O) groups is 2. The van der Waals surface area contributed by atoms with Crippen molar-refractivity contribution in [2.45, 2.75) is 63.8 Å². The van der Waals surface area contributed by atoms with Gasteiger partial charge in [0.1, 0.15) is 11.6 Å². The summed E-state index contributed by atoms with van der Waals surface area (Å²) in [5.41, 5.74) is 5.32. The average molecular weight is 269 g/mol. The maximum absolute atomic E-state index is 12.2. The molecule has 2 aliphatic rings. The summed E-state index contributed by atoms with van der Waals surface area (Å²) >= 11 is 0. The van der Waals surface area contributed by atoms with E-state index in [0.29, 0.717) is 13.0 Å². The van der Waals surface area contributed by atoms with E-state index in [4.69, 9.17) is 10.5 Å². The van der Waals surface area contributed by atoms with Gasteiger partial charge in [-0.3, -0.25) is 4.79 Å². The molecular weight excluding hydrogens is 246 g/mol. The topological polar surface area (TPSA) is 84.7 Å². The summed E-state index contributed by atoms with van der Waals surface area (Å²) in [5, 5.41) is 2.66. The number of nitrogens with zero attached hydrogens (tertiary/aromatic N) is 1. The van der Waals surface area contributed by atoms with Crippen LogP contribution in [0, 0.1) is 0 Å². The number of nitrogens with two attached hydrogens (primary N) is 1. The van der Waals surface area contributed by atoms with Crippen LogP contribution in [-0.2, 0) is 9.53 Å². The van der Waals surface area contributed by atoms with Crippen molar-refractivity contribution in [3.05, 3.63) is 0 Å². The molecule has 2 aliphatic heterocycles. The minimum Gasteiger partial charge on any atom is -0.444 e. The second-order valence-electron chi connectivity index (χ2n) is 6.42. The molecule has 108 valence electrons. The molecule has 0 aliphatic carbocycles. The van der Waals surface area contributed by atoms with E-state index < -0.39 is 17.7 Å². The largest absolute Gasteiger partial charge is 0.444 e. The Bertz CT molecular complexity index is 378. The van der Waals surface area contributed by atoms with Crippen LogP contribution in [0.15, 0.2) is 0 Å². The fourth-order valence-electron chi connectivity index (χ4n) is 2.71. The Morgan fingerprint density at radius 1 is 1.42 bits per heavy atom. The minimum absolute atomic E-state index is 0.0361. The summed E-state index contributed by atoms with van der Waals surface area (Å²) in [6.45, 7) is 5.98. The Kier molecular flexibility index (Phi) is 3.71. The monoisotopic (exact) mass is 269 g/mol. The van der Waals surface area contributed by atoms with Gasteiger partial charge in [0.05, 0.1) is 0 Å². The van der Waals surface area contributed by atoms with Gasteiger partial charge >= 0.3 is 6.09 Å². The minimum atomic E-state index is -0.554. The van der Waals surface area contributed by atoms with Crippen LogP contribution in [0.2, 0.25) is 0 Å². The molecule has 2 fully saturated rings. The van der Waals surface area contributed by atoms with E-state index in [0.717, 1.165) is 12.8 Å². The first-order valence-corrected chi connectivity index (χ1v) is 6.82. The van der Waals surface area contributed by atoms with Crippen LogP contribution >= 0.6 is 0 Å². The zero-order valence-corrected chi connectivity index (χ0v) is 11.8. The number of piperidine rings is 1. The second-order valence-corrected chi connectivity index (χ2v) is 6.42. The zero-order chi connectivity index (χ0) is 14.2. The quantitative estimate of drug-likeness (QED) is 0.730. The molecule has 6 nitrogen and oxygen atoms in total. The number of fused-ring (bicyclic) bond motifs is 1. The molecule has 19 heavy (non-hydrogen) atoms. The third-order valence-electron chi connectivity index (χ3n) is 3.52. The lowest BCUT2D eigenvalue weighted by Gasteiger charge is -2.33. The van der Waals surface area contributed by atoms with Crippen LogP contribution in [0.4, 0.5) is 4.79 Å². The second kappa shape index (κ2) is 5.00. The first kappa shape index (κ1) is 14.1. The van der Waals surface area contributed by atoms with E-state index >= 15 is 0 Å². The smallest absolute Gasteiger partial charge is 0.408 e. The van der Waals surface area contributed by atoms with Gasteiger partial charge in [0.2, 0.25) is 5.91 Å². The lowest BCUT2D eigenvalue weighted by Crippen LogP contribution is -2.49. The number of hydrogen-bond acceptors (Lipinski definition) is 4. The van der Waals surface area contributed by atoms with Crippen LogP contribution in [0.1, 0.15) is 40.0 Å². The number of rotatable bonds is 1. The van der Waals surface area contributed by atoms with Gasteiger partial charge in [-0.05, 0) is 40.0 Å².